The smallest absolute Gasteiger partial charge is 0.351 e. The number of halogens is 3. The predicted octanol–water partition coefficient (Wildman–Crippen LogP) is 4.25. The minimum atomic E-state index is -4.82. The summed E-state index contributed by atoms with van der Waals surface area (Å²) in [4.78, 5) is 12.7. The van der Waals surface area contributed by atoms with Crippen molar-refractivity contribution >= 4 is 17.2 Å². The van der Waals surface area contributed by atoms with Gasteiger partial charge in [-0.25, -0.2) is 8.93 Å². The number of rotatable bonds is 12. The van der Waals surface area contributed by atoms with Crippen LogP contribution >= 0.6 is 0 Å². The monoisotopic (exact) mass is 538 g/mol. The Bertz CT molecular complexity index is 1180. The van der Waals surface area contributed by atoms with Crippen LogP contribution in [0.5, 0.6) is 0 Å². The average Bonchev–Trinajstić information content (AvgIpc) is 3.39. The van der Waals surface area contributed by atoms with Crippen LogP contribution in [-0.2, 0) is 22.6 Å². The lowest BCUT2D eigenvalue weighted by Crippen LogP contribution is -2.49. The normalized spacial score (nSPS) is 15.1. The van der Waals surface area contributed by atoms with Crippen molar-refractivity contribution in [1.29, 1.82) is 0 Å². The molecule has 3 rings (SSSR count). The molecule has 1 heterocycles. The quantitative estimate of drug-likeness (QED) is 0.255. The van der Waals surface area contributed by atoms with Gasteiger partial charge in [0.05, 0.1) is 0 Å². The number of aromatic nitrogens is 4. The summed E-state index contributed by atoms with van der Waals surface area (Å²) in [7, 11) is 0. The number of hydrogen-bond donors (Lipinski definition) is 4. The van der Waals surface area contributed by atoms with Gasteiger partial charge >= 0.3 is 6.18 Å². The summed E-state index contributed by atoms with van der Waals surface area (Å²) >= 11 is -2.50. The van der Waals surface area contributed by atoms with Gasteiger partial charge in [-0.2, -0.15) is 18.4 Å². The number of amides is 1. The van der Waals surface area contributed by atoms with E-state index in [0.717, 1.165) is 16.7 Å². The molecule has 0 bridgehead atoms. The van der Waals surface area contributed by atoms with Crippen LogP contribution in [0.1, 0.15) is 38.7 Å². The molecule has 2 aromatic carbocycles. The summed E-state index contributed by atoms with van der Waals surface area (Å²) in [5.74, 6) is -4.35. The maximum Gasteiger partial charge on any atom is 0.400 e. The van der Waals surface area contributed by atoms with E-state index in [9.17, 15) is 26.7 Å². The molecule has 0 aliphatic rings. The van der Waals surface area contributed by atoms with Gasteiger partial charge < -0.3 is 5.32 Å². The van der Waals surface area contributed by atoms with Crippen molar-refractivity contribution in [3.05, 3.63) is 54.1 Å². The van der Waals surface area contributed by atoms with E-state index in [-0.39, 0.29) is 13.0 Å². The minimum Gasteiger partial charge on any atom is -0.351 e. The Morgan fingerprint density at radius 3 is 2.38 bits per heavy atom. The lowest BCUT2D eigenvalue weighted by atomic mass is 9.84. The number of aromatic amines is 1. The molecule has 0 aliphatic carbocycles. The summed E-state index contributed by atoms with van der Waals surface area (Å²) in [5, 5.41) is 16.4. The molecule has 9 nitrogen and oxygen atoms in total. The second-order valence-electron chi connectivity index (χ2n) is 8.69. The van der Waals surface area contributed by atoms with Gasteiger partial charge in [0, 0.05) is 18.2 Å². The Balaban J connectivity index is 1.72. The molecule has 37 heavy (non-hydrogen) atoms. The first-order valence-electron chi connectivity index (χ1n) is 11.8. The lowest BCUT2D eigenvalue weighted by Gasteiger charge is -2.31. The predicted molar refractivity (Wildman–Crippen MR) is 133 cm³/mol. The molecular weight excluding hydrogens is 509 g/mol. The fourth-order valence-corrected chi connectivity index (χ4v) is 4.80. The molecule has 0 saturated heterocycles. The average molecular weight is 539 g/mol. The highest BCUT2D eigenvalue weighted by molar-refractivity contribution is 7.77. The zero-order chi connectivity index (χ0) is 27.0. The number of unbranched alkanes of at least 4 members (excludes halogenated alkanes) is 1. The van der Waals surface area contributed by atoms with Crippen molar-refractivity contribution in [2.24, 2.45) is 11.8 Å². The molecule has 1 amide bonds. The van der Waals surface area contributed by atoms with E-state index in [2.05, 4.69) is 30.7 Å². The Hall–Kier alpha value is -3.16. The van der Waals surface area contributed by atoms with Crippen molar-refractivity contribution in [3.8, 4) is 22.5 Å². The van der Waals surface area contributed by atoms with E-state index in [0.29, 0.717) is 24.2 Å². The highest BCUT2D eigenvalue weighted by Crippen LogP contribution is 2.35. The SMILES string of the molecule is CCCCC(NS(=O)O)C(C)C(C(=O)NCc1ccc(-c2ccccc2-c2nn[nH]n2)cc1)C(F)(F)F. The van der Waals surface area contributed by atoms with Crippen LogP contribution in [0.25, 0.3) is 22.5 Å². The molecule has 4 N–H and O–H groups in total. The molecule has 0 aliphatic heterocycles. The number of alkyl halides is 3. The first-order chi connectivity index (χ1) is 17.6. The maximum absolute atomic E-state index is 13.9. The number of carbonyl (C=O) groups excluding carboxylic acids is 1. The van der Waals surface area contributed by atoms with Crippen molar-refractivity contribution < 1.29 is 26.7 Å². The summed E-state index contributed by atoms with van der Waals surface area (Å²) in [6.45, 7) is 3.03. The number of benzene rings is 2. The molecule has 0 saturated carbocycles. The number of carbonyl (C=O) groups is 1. The van der Waals surface area contributed by atoms with E-state index in [4.69, 9.17) is 0 Å². The van der Waals surface area contributed by atoms with Crippen LogP contribution in [0.4, 0.5) is 13.2 Å². The van der Waals surface area contributed by atoms with E-state index in [1.807, 2.05) is 31.2 Å². The number of H-pyrrole nitrogens is 1. The second kappa shape index (κ2) is 12.9. The minimum absolute atomic E-state index is 0.107. The number of hydrogen-bond acceptors (Lipinski definition) is 5. The molecule has 4 unspecified atom stereocenters. The molecule has 0 spiro atoms. The zero-order valence-electron chi connectivity index (χ0n) is 20.3. The molecule has 1 aromatic heterocycles. The molecule has 4 atom stereocenters. The maximum atomic E-state index is 13.9. The van der Waals surface area contributed by atoms with Gasteiger partial charge in [0.15, 0.2) is 0 Å². The first-order valence-corrected chi connectivity index (χ1v) is 12.9. The van der Waals surface area contributed by atoms with Crippen molar-refractivity contribution in [2.75, 3.05) is 0 Å². The van der Waals surface area contributed by atoms with E-state index < -0.39 is 41.2 Å². The molecule has 200 valence electrons. The van der Waals surface area contributed by atoms with E-state index >= 15 is 0 Å². The highest BCUT2D eigenvalue weighted by atomic mass is 32.2. The van der Waals surface area contributed by atoms with Crippen LogP contribution < -0.4 is 10.0 Å². The third-order valence-corrected chi connectivity index (χ3v) is 6.67. The Morgan fingerprint density at radius 2 is 1.81 bits per heavy atom. The lowest BCUT2D eigenvalue weighted by molar-refractivity contribution is -0.194. The van der Waals surface area contributed by atoms with Gasteiger partial charge in [-0.15, -0.1) is 10.2 Å². The fraction of sp³-hybridized carbons (Fsp3) is 0.417. The van der Waals surface area contributed by atoms with Gasteiger partial charge in [0.2, 0.25) is 23.0 Å². The van der Waals surface area contributed by atoms with E-state index in [1.54, 1.807) is 24.3 Å². The molecule has 13 heteroatoms. The van der Waals surface area contributed by atoms with Crippen molar-refractivity contribution in [3.63, 3.8) is 0 Å². The third-order valence-electron chi connectivity index (χ3n) is 6.16. The van der Waals surface area contributed by atoms with Crippen LogP contribution in [-0.4, -0.2) is 47.5 Å². The van der Waals surface area contributed by atoms with Gasteiger partial charge in [-0.3, -0.25) is 9.35 Å². The van der Waals surface area contributed by atoms with Crippen LogP contribution in [0.3, 0.4) is 0 Å². The highest BCUT2D eigenvalue weighted by Gasteiger charge is 2.50. The summed E-state index contributed by atoms with van der Waals surface area (Å²) < 4.78 is 64.5. The second-order valence-corrected chi connectivity index (χ2v) is 9.42. The van der Waals surface area contributed by atoms with Crippen molar-refractivity contribution in [1.82, 2.24) is 30.7 Å². The molecule has 3 aromatic rings. The third kappa shape index (κ3) is 7.66. The summed E-state index contributed by atoms with van der Waals surface area (Å²) in [6.07, 6.45) is -3.35. The van der Waals surface area contributed by atoms with Gasteiger partial charge in [0.25, 0.3) is 0 Å². The number of nitrogens with one attached hydrogen (secondary N) is 3. The molecule has 0 radical (unpaired) electrons. The van der Waals surface area contributed by atoms with Gasteiger partial charge in [0.1, 0.15) is 5.92 Å². The van der Waals surface area contributed by atoms with Gasteiger partial charge in [-0.1, -0.05) is 75.2 Å². The largest absolute Gasteiger partial charge is 0.400 e. The van der Waals surface area contributed by atoms with Crippen molar-refractivity contribution in [2.45, 2.75) is 51.9 Å². The topological polar surface area (TPSA) is 133 Å². The molecule has 0 fully saturated rings. The van der Waals surface area contributed by atoms with Gasteiger partial charge in [-0.05, 0) is 34.2 Å². The number of tetrazole rings is 1. The zero-order valence-corrected chi connectivity index (χ0v) is 21.1. The Kier molecular flexibility index (Phi) is 9.89. The Morgan fingerprint density at radius 1 is 1.14 bits per heavy atom. The summed E-state index contributed by atoms with van der Waals surface area (Å²) in [6, 6.07) is 13.5. The fourth-order valence-electron chi connectivity index (χ4n) is 4.21. The van der Waals surface area contributed by atoms with E-state index in [1.165, 1.54) is 6.92 Å². The van der Waals surface area contributed by atoms with Crippen LogP contribution in [0, 0.1) is 11.8 Å². The van der Waals surface area contributed by atoms with Crippen LogP contribution in [0.15, 0.2) is 48.5 Å². The Labute approximate surface area is 215 Å². The number of nitrogens with zero attached hydrogens (tertiary/aromatic N) is 3. The summed E-state index contributed by atoms with van der Waals surface area (Å²) in [5.41, 5.74) is 3.05. The standard InChI is InChI=1S/C24H29F3N6O3S/c1-3-4-9-20(31-37(35)36)15(2)21(24(25,26)27)23(34)28-14-16-10-12-17(13-11-16)18-7-5-6-8-19(18)22-29-32-33-30-22/h5-8,10-13,15,20-21,31H,3-4,9,14H2,1-2H3,(H,28,34)(H,35,36)(H,29,30,32,33). The first kappa shape index (κ1) is 28.4. The van der Waals surface area contributed by atoms with Crippen LogP contribution in [0.2, 0.25) is 0 Å². The molecular formula is C24H29F3N6O3S.